The molecule has 238 valence electrons. The molecule has 1 aliphatic rings. The van der Waals surface area contributed by atoms with Gasteiger partial charge in [0, 0.05) is 23.1 Å². The quantitative estimate of drug-likeness (QED) is 0.181. The van der Waals surface area contributed by atoms with E-state index in [1.807, 2.05) is 24.3 Å². The Morgan fingerprint density at radius 3 is 1.12 bits per heavy atom. The van der Waals surface area contributed by atoms with E-state index in [0.717, 1.165) is 28.7 Å². The minimum Gasteiger partial charge on any atom is -0.208 e. The molecule has 50 heavy (non-hydrogen) atoms. The number of benzene rings is 7. The first-order chi connectivity index (χ1) is 24.3. The first-order valence-electron chi connectivity index (χ1n) is 16.7. The number of rotatable bonds is 6. The van der Waals surface area contributed by atoms with Gasteiger partial charge in [-0.15, -0.1) is 0 Å². The van der Waals surface area contributed by atoms with Gasteiger partial charge in [-0.05, 0) is 55.6 Å². The lowest BCUT2D eigenvalue weighted by atomic mass is 9.94. The Morgan fingerprint density at radius 1 is 0.260 bits per heavy atom. The summed E-state index contributed by atoms with van der Waals surface area (Å²) in [6.07, 6.45) is 0.810. The first kappa shape index (κ1) is 30.9. The fraction of sp³-hybridized carbons (Fsp3) is 0.0426. The Labute approximate surface area is 293 Å². The smallest absolute Gasteiger partial charge is 0.164 e. The summed E-state index contributed by atoms with van der Waals surface area (Å²) in [4.78, 5) is 15.2. The van der Waals surface area contributed by atoms with E-state index in [2.05, 4.69) is 152 Å². The topological polar surface area (TPSA) is 38.7 Å². The molecule has 1 heterocycles. The Kier molecular flexibility index (Phi) is 8.16. The highest BCUT2D eigenvalue weighted by Gasteiger charge is 2.26. The Morgan fingerprint density at radius 2 is 0.600 bits per heavy atom. The second-order valence-electron chi connectivity index (χ2n) is 12.4. The average Bonchev–Trinajstić information content (AvgIpc) is 3.58. The van der Waals surface area contributed by atoms with E-state index in [-0.39, 0.29) is 7.43 Å². The van der Waals surface area contributed by atoms with Crippen LogP contribution in [0.25, 0.3) is 78.7 Å². The van der Waals surface area contributed by atoms with Crippen LogP contribution in [0, 0.1) is 0 Å². The number of aromatic nitrogens is 3. The summed E-state index contributed by atoms with van der Waals surface area (Å²) in [6, 6.07) is 61.8. The van der Waals surface area contributed by atoms with E-state index in [4.69, 9.17) is 15.0 Å². The molecule has 0 bridgehead atoms. The van der Waals surface area contributed by atoms with Crippen molar-refractivity contribution in [1.29, 1.82) is 0 Å². The second kappa shape index (κ2) is 13.2. The van der Waals surface area contributed by atoms with Crippen molar-refractivity contribution in [3.63, 3.8) is 0 Å². The normalized spacial score (nSPS) is 11.4. The fourth-order valence-electron chi connectivity index (χ4n) is 6.97. The van der Waals surface area contributed by atoms with Crippen molar-refractivity contribution in [2.45, 2.75) is 13.8 Å². The van der Waals surface area contributed by atoms with Crippen molar-refractivity contribution < 1.29 is 0 Å². The van der Waals surface area contributed by atoms with E-state index in [0.29, 0.717) is 17.5 Å². The van der Waals surface area contributed by atoms with Gasteiger partial charge in [-0.1, -0.05) is 183 Å². The highest BCUT2D eigenvalue weighted by molar-refractivity contribution is 5.89. The van der Waals surface area contributed by atoms with Crippen molar-refractivity contribution in [1.82, 2.24) is 15.0 Å². The average molecular weight is 642 g/mol. The Bertz CT molecular complexity index is 2420. The van der Waals surface area contributed by atoms with E-state index in [1.54, 1.807) is 0 Å². The number of nitrogens with zero attached hydrogens (tertiary/aromatic N) is 3. The summed E-state index contributed by atoms with van der Waals surface area (Å²) >= 11 is 0. The maximum atomic E-state index is 5.14. The molecular formula is C47H35N3. The molecule has 7 aromatic carbocycles. The summed E-state index contributed by atoms with van der Waals surface area (Å²) in [6.45, 7) is 0. The number of hydrogen-bond donors (Lipinski definition) is 0. The molecule has 0 aliphatic heterocycles. The molecule has 0 saturated carbocycles. The zero-order valence-electron chi connectivity index (χ0n) is 26.8. The van der Waals surface area contributed by atoms with Crippen LogP contribution in [0.1, 0.15) is 18.6 Å². The lowest BCUT2D eigenvalue weighted by Crippen LogP contribution is -2.02. The van der Waals surface area contributed by atoms with Crippen molar-refractivity contribution in [3.8, 4) is 78.7 Å². The van der Waals surface area contributed by atoms with Crippen molar-refractivity contribution in [3.05, 3.63) is 187 Å². The Hall–Kier alpha value is -6.45. The SMILES string of the molecule is C.c1ccc(-c2ccc(-c3nc(-c4ccccc4)nc(-c4cccc5c4Cc4c(-c6ccc(-c7ccccc7)cc6)cccc4-5)n3)cc2)cc1. The molecule has 0 radical (unpaired) electrons. The summed E-state index contributed by atoms with van der Waals surface area (Å²) < 4.78 is 0. The van der Waals surface area contributed by atoms with Crippen LogP contribution < -0.4 is 0 Å². The number of hydrogen-bond acceptors (Lipinski definition) is 3. The molecule has 0 atom stereocenters. The minimum atomic E-state index is 0. The summed E-state index contributed by atoms with van der Waals surface area (Å²) in [5.74, 6) is 2.02. The van der Waals surface area contributed by atoms with Crippen molar-refractivity contribution >= 4 is 0 Å². The number of fused-ring (bicyclic) bond motifs is 3. The van der Waals surface area contributed by atoms with E-state index in [1.165, 1.54) is 50.1 Å². The summed E-state index contributed by atoms with van der Waals surface area (Å²) in [7, 11) is 0. The second-order valence-corrected chi connectivity index (χ2v) is 12.4. The third kappa shape index (κ3) is 5.69. The van der Waals surface area contributed by atoms with Crippen LogP contribution in [-0.4, -0.2) is 15.0 Å². The summed E-state index contributed by atoms with van der Waals surface area (Å²) in [5.41, 5.74) is 15.3. The summed E-state index contributed by atoms with van der Waals surface area (Å²) in [5, 5.41) is 0. The van der Waals surface area contributed by atoms with Crippen molar-refractivity contribution in [2.24, 2.45) is 0 Å². The van der Waals surface area contributed by atoms with Gasteiger partial charge in [0.1, 0.15) is 0 Å². The van der Waals surface area contributed by atoms with Gasteiger partial charge in [0.25, 0.3) is 0 Å². The monoisotopic (exact) mass is 641 g/mol. The van der Waals surface area contributed by atoms with Crippen LogP contribution >= 0.6 is 0 Å². The van der Waals surface area contributed by atoms with Crippen LogP contribution in [-0.2, 0) is 6.42 Å². The van der Waals surface area contributed by atoms with Crippen LogP contribution in [0.5, 0.6) is 0 Å². The third-order valence-corrected chi connectivity index (χ3v) is 9.46. The predicted molar refractivity (Wildman–Crippen MR) is 207 cm³/mol. The molecule has 0 fully saturated rings. The van der Waals surface area contributed by atoms with Crippen LogP contribution in [0.15, 0.2) is 176 Å². The molecule has 9 rings (SSSR count). The molecule has 0 unspecified atom stereocenters. The molecule has 0 amide bonds. The molecule has 3 heteroatoms. The van der Waals surface area contributed by atoms with Gasteiger partial charge >= 0.3 is 0 Å². The highest BCUT2D eigenvalue weighted by Crippen LogP contribution is 2.45. The third-order valence-electron chi connectivity index (χ3n) is 9.46. The maximum absolute atomic E-state index is 5.14. The largest absolute Gasteiger partial charge is 0.208 e. The van der Waals surface area contributed by atoms with Crippen LogP contribution in [0.4, 0.5) is 0 Å². The van der Waals surface area contributed by atoms with Crippen LogP contribution in [0.3, 0.4) is 0 Å². The lowest BCUT2D eigenvalue weighted by molar-refractivity contribution is 1.07. The zero-order chi connectivity index (χ0) is 32.6. The molecule has 0 N–H and O–H groups in total. The van der Waals surface area contributed by atoms with Gasteiger partial charge < -0.3 is 0 Å². The Balaban J connectivity index is 0.00000361. The van der Waals surface area contributed by atoms with Gasteiger partial charge in [0.2, 0.25) is 0 Å². The van der Waals surface area contributed by atoms with Gasteiger partial charge in [-0.3, -0.25) is 0 Å². The molecule has 8 aromatic rings. The van der Waals surface area contributed by atoms with Gasteiger partial charge in [0.05, 0.1) is 0 Å². The van der Waals surface area contributed by atoms with E-state index >= 15 is 0 Å². The molecule has 0 spiro atoms. The van der Waals surface area contributed by atoms with Crippen LogP contribution in [0.2, 0.25) is 0 Å². The van der Waals surface area contributed by atoms with E-state index in [9.17, 15) is 0 Å². The maximum Gasteiger partial charge on any atom is 0.164 e. The lowest BCUT2D eigenvalue weighted by Gasteiger charge is -2.12. The van der Waals surface area contributed by atoms with Crippen molar-refractivity contribution in [2.75, 3.05) is 0 Å². The first-order valence-corrected chi connectivity index (χ1v) is 16.7. The molecule has 1 aliphatic carbocycles. The van der Waals surface area contributed by atoms with Gasteiger partial charge in [-0.2, -0.15) is 0 Å². The molecular weight excluding hydrogens is 607 g/mol. The molecule has 1 aromatic heterocycles. The predicted octanol–water partition coefficient (Wildman–Crippen LogP) is 12.1. The van der Waals surface area contributed by atoms with Gasteiger partial charge in [-0.25, -0.2) is 15.0 Å². The minimum absolute atomic E-state index is 0. The molecule has 3 nitrogen and oxygen atoms in total. The fourth-order valence-corrected chi connectivity index (χ4v) is 6.97. The zero-order valence-corrected chi connectivity index (χ0v) is 26.8. The highest BCUT2D eigenvalue weighted by atomic mass is 15.0. The standard InChI is InChI=1S/C46H31N3.CH4/c1-4-12-31(13-5-1)33-22-26-35(27-23-33)38-18-10-19-39-40-20-11-21-41(43(40)30-42(38)39)46-48-44(36-16-8-3-9-17-36)47-45(49-46)37-28-24-34(25-29-37)32-14-6-2-7-15-32;/h1-29H,30H2;1H4. The van der Waals surface area contributed by atoms with E-state index < -0.39 is 0 Å². The molecule has 0 saturated heterocycles. The van der Waals surface area contributed by atoms with Gasteiger partial charge in [0.15, 0.2) is 17.5 Å².